The zero-order valence-corrected chi connectivity index (χ0v) is 13.9. The third kappa shape index (κ3) is 5.75. The average molecular weight is 333 g/mol. The summed E-state index contributed by atoms with van der Waals surface area (Å²) in [6, 6.07) is 4.67. The predicted molar refractivity (Wildman–Crippen MR) is 80.3 cm³/mol. The summed E-state index contributed by atoms with van der Waals surface area (Å²) >= 11 is 0. The van der Waals surface area contributed by atoms with Crippen LogP contribution in [0.1, 0.15) is 20.8 Å². The number of carbonyl (C=O) groups is 1. The van der Waals surface area contributed by atoms with Crippen LogP contribution in [-0.2, 0) is 18.8 Å². The Hall–Kier alpha value is -1.43. The molecule has 0 fully saturated rings. The van der Waals surface area contributed by atoms with Gasteiger partial charge in [0.1, 0.15) is 12.4 Å². The third-order valence-corrected chi connectivity index (χ3v) is 4.35. The summed E-state index contributed by atoms with van der Waals surface area (Å²) < 4.78 is 41.4. The quantitative estimate of drug-likeness (QED) is 0.582. The van der Waals surface area contributed by atoms with Crippen molar-refractivity contribution in [2.24, 2.45) is 0 Å². The van der Waals surface area contributed by atoms with Gasteiger partial charge in [0, 0.05) is 7.11 Å². The van der Waals surface area contributed by atoms with E-state index in [-0.39, 0.29) is 18.2 Å². The topological polar surface area (TPSA) is 73.9 Å². The van der Waals surface area contributed by atoms with Crippen LogP contribution in [0.25, 0.3) is 0 Å². The zero-order valence-electron chi connectivity index (χ0n) is 13.0. The molecule has 0 saturated heterocycles. The van der Waals surface area contributed by atoms with Gasteiger partial charge < -0.3 is 14.0 Å². The van der Waals surface area contributed by atoms with Crippen LogP contribution in [-0.4, -0.2) is 31.6 Å². The van der Waals surface area contributed by atoms with E-state index in [2.05, 4.69) is 5.09 Å². The van der Waals surface area contributed by atoms with Crippen molar-refractivity contribution in [1.82, 2.24) is 5.09 Å². The fraction of sp³-hybridized carbons (Fsp3) is 0.500. The molecule has 0 aliphatic heterocycles. The molecule has 0 saturated carbocycles. The Morgan fingerprint density at radius 3 is 2.50 bits per heavy atom. The second-order valence-corrected chi connectivity index (χ2v) is 7.00. The van der Waals surface area contributed by atoms with Crippen LogP contribution in [0.3, 0.4) is 0 Å². The van der Waals surface area contributed by atoms with Gasteiger partial charge in [-0.15, -0.1) is 0 Å². The van der Waals surface area contributed by atoms with E-state index in [4.69, 9.17) is 14.0 Å². The van der Waals surface area contributed by atoms with Crippen molar-refractivity contribution in [2.45, 2.75) is 32.9 Å². The first kappa shape index (κ1) is 18.6. The molecular weight excluding hydrogens is 312 g/mol. The highest BCUT2D eigenvalue weighted by molar-refractivity contribution is 7.57. The molecule has 0 radical (unpaired) electrons. The van der Waals surface area contributed by atoms with Gasteiger partial charge in [0.05, 0.1) is 6.10 Å². The molecule has 2 atom stereocenters. The van der Waals surface area contributed by atoms with Crippen molar-refractivity contribution in [3.05, 3.63) is 30.1 Å². The number of methoxy groups -OCH3 is 1. The number of esters is 1. The number of benzene rings is 1. The summed E-state index contributed by atoms with van der Waals surface area (Å²) in [7, 11) is -2.31. The van der Waals surface area contributed by atoms with E-state index in [1.54, 1.807) is 19.9 Å². The summed E-state index contributed by atoms with van der Waals surface area (Å²) in [5, 5.41) is 2.54. The Balaban J connectivity index is 2.85. The van der Waals surface area contributed by atoms with Crippen molar-refractivity contribution >= 4 is 13.5 Å². The highest BCUT2D eigenvalue weighted by atomic mass is 31.2. The summed E-state index contributed by atoms with van der Waals surface area (Å²) in [6.07, 6.45) is -0.619. The molecule has 0 spiro atoms. The molecular formula is C14H21FNO5P. The predicted octanol–water partition coefficient (Wildman–Crippen LogP) is 2.93. The van der Waals surface area contributed by atoms with Gasteiger partial charge >= 0.3 is 13.5 Å². The van der Waals surface area contributed by atoms with Crippen molar-refractivity contribution in [3.8, 4) is 5.75 Å². The van der Waals surface area contributed by atoms with Gasteiger partial charge in [0.25, 0.3) is 0 Å². The van der Waals surface area contributed by atoms with Crippen molar-refractivity contribution < 1.29 is 27.7 Å². The minimum Gasteiger partial charge on any atom is -0.462 e. The highest BCUT2D eigenvalue weighted by Gasteiger charge is 2.31. The molecule has 0 amide bonds. The lowest BCUT2D eigenvalue weighted by Gasteiger charge is -2.23. The number of nitrogens with one attached hydrogen (secondary N) is 1. The number of ether oxygens (including phenoxy) is 2. The molecule has 1 N–H and O–H groups in total. The molecule has 0 aliphatic carbocycles. The molecule has 1 rings (SSSR count). The monoisotopic (exact) mass is 333 g/mol. The molecule has 0 bridgehead atoms. The Morgan fingerprint density at radius 2 is 1.95 bits per heavy atom. The first-order valence-electron chi connectivity index (χ1n) is 6.78. The maximum atomic E-state index is 13.6. The third-order valence-electron chi connectivity index (χ3n) is 2.48. The van der Waals surface area contributed by atoms with Crippen LogP contribution in [0.4, 0.5) is 4.39 Å². The zero-order chi connectivity index (χ0) is 16.8. The Bertz CT molecular complexity index is 552. The maximum Gasteiger partial charge on any atom is 0.342 e. The summed E-state index contributed by atoms with van der Waals surface area (Å²) in [6.45, 7) is 4.89. The summed E-state index contributed by atoms with van der Waals surface area (Å²) in [5.74, 6) is -1.42. The maximum absolute atomic E-state index is 13.6. The standard InChI is InChI=1S/C14H21FNO5P/c1-10(2)20-14(17)11(3)16-22(18,9-19-4)21-13-8-6-5-7-12(13)15/h5-8,10-11H,9H2,1-4H3,(H,16,18)/t11-,22?/m0/s1. The average Bonchev–Trinajstić information content (AvgIpc) is 2.40. The summed E-state index contributed by atoms with van der Waals surface area (Å²) in [4.78, 5) is 11.8. The molecule has 124 valence electrons. The second-order valence-electron chi connectivity index (χ2n) is 4.95. The fourth-order valence-electron chi connectivity index (χ4n) is 1.62. The normalized spacial score (nSPS) is 15.2. The van der Waals surface area contributed by atoms with E-state index in [1.807, 2.05) is 0 Å². The van der Waals surface area contributed by atoms with Crippen molar-refractivity contribution in [2.75, 3.05) is 13.5 Å². The van der Waals surface area contributed by atoms with E-state index < -0.39 is 25.3 Å². The van der Waals surface area contributed by atoms with Gasteiger partial charge in [-0.05, 0) is 32.9 Å². The lowest BCUT2D eigenvalue weighted by atomic mass is 10.3. The van der Waals surface area contributed by atoms with E-state index >= 15 is 0 Å². The number of hydrogen-bond acceptors (Lipinski definition) is 5. The van der Waals surface area contributed by atoms with Crippen LogP contribution in [0.15, 0.2) is 24.3 Å². The molecule has 1 aromatic rings. The summed E-state index contributed by atoms with van der Waals surface area (Å²) in [5.41, 5.74) is 0. The van der Waals surface area contributed by atoms with Gasteiger partial charge in [-0.2, -0.15) is 0 Å². The largest absolute Gasteiger partial charge is 0.462 e. The fourth-order valence-corrected chi connectivity index (χ4v) is 3.30. The number of hydrogen-bond donors (Lipinski definition) is 1. The van der Waals surface area contributed by atoms with Crippen LogP contribution in [0, 0.1) is 5.82 Å². The van der Waals surface area contributed by atoms with Gasteiger partial charge in [-0.3, -0.25) is 9.36 Å². The smallest absolute Gasteiger partial charge is 0.342 e. The molecule has 0 aromatic heterocycles. The van der Waals surface area contributed by atoms with Gasteiger partial charge in [0.2, 0.25) is 0 Å². The van der Waals surface area contributed by atoms with E-state index in [0.29, 0.717) is 0 Å². The minimum atomic E-state index is -3.63. The lowest BCUT2D eigenvalue weighted by Crippen LogP contribution is -2.36. The molecule has 1 unspecified atom stereocenters. The SMILES string of the molecule is COCP(=O)(N[C@@H](C)C(=O)OC(C)C)Oc1ccccc1F. The molecule has 1 aromatic carbocycles. The van der Waals surface area contributed by atoms with E-state index in [1.165, 1.54) is 32.2 Å². The molecule has 8 heteroatoms. The first-order chi connectivity index (χ1) is 10.3. The molecule has 6 nitrogen and oxygen atoms in total. The Labute approximate surface area is 129 Å². The molecule has 22 heavy (non-hydrogen) atoms. The van der Waals surface area contributed by atoms with Crippen LogP contribution in [0.2, 0.25) is 0 Å². The Kier molecular flexibility index (Phi) is 7.00. The number of rotatable bonds is 8. The van der Waals surface area contributed by atoms with Crippen molar-refractivity contribution in [1.29, 1.82) is 0 Å². The van der Waals surface area contributed by atoms with Gasteiger partial charge in [-0.1, -0.05) is 12.1 Å². The number of carbonyl (C=O) groups excluding carboxylic acids is 1. The minimum absolute atomic E-state index is 0.181. The second kappa shape index (κ2) is 8.27. The molecule has 0 aliphatic rings. The van der Waals surface area contributed by atoms with E-state index in [0.717, 1.165) is 0 Å². The number of para-hydroxylation sites is 1. The van der Waals surface area contributed by atoms with Crippen LogP contribution in [0.5, 0.6) is 5.75 Å². The van der Waals surface area contributed by atoms with E-state index in [9.17, 15) is 13.8 Å². The van der Waals surface area contributed by atoms with Crippen LogP contribution >= 0.6 is 7.52 Å². The Morgan fingerprint density at radius 1 is 1.32 bits per heavy atom. The first-order valence-corrected chi connectivity index (χ1v) is 8.59. The number of halogens is 1. The van der Waals surface area contributed by atoms with Gasteiger partial charge in [0.15, 0.2) is 11.6 Å². The van der Waals surface area contributed by atoms with Gasteiger partial charge in [-0.25, -0.2) is 9.48 Å². The van der Waals surface area contributed by atoms with Crippen molar-refractivity contribution in [3.63, 3.8) is 0 Å². The molecule has 0 heterocycles. The lowest BCUT2D eigenvalue weighted by molar-refractivity contribution is -0.149. The van der Waals surface area contributed by atoms with Crippen LogP contribution < -0.4 is 9.61 Å². The highest BCUT2D eigenvalue weighted by Crippen LogP contribution is 2.44.